The van der Waals surface area contributed by atoms with E-state index in [0.717, 1.165) is 69.7 Å². The lowest BCUT2D eigenvalue weighted by atomic mass is 9.82. The molecule has 15 nitrogen and oxygen atoms in total. The van der Waals surface area contributed by atoms with E-state index in [4.69, 9.17) is 43.3 Å². The Bertz CT molecular complexity index is 2480. The van der Waals surface area contributed by atoms with Crippen LogP contribution in [-0.4, -0.2) is 68.5 Å². The largest absolute Gasteiger partial charge is 0.494 e. The van der Waals surface area contributed by atoms with Crippen molar-refractivity contribution >= 4 is 52.8 Å². The van der Waals surface area contributed by atoms with Crippen LogP contribution < -0.4 is 28.4 Å². The lowest BCUT2D eigenvalue weighted by Crippen LogP contribution is -2.30. The van der Waals surface area contributed by atoms with E-state index in [-0.39, 0.29) is 40.8 Å². The highest BCUT2D eigenvalue weighted by Crippen LogP contribution is 2.40. The molecule has 0 aliphatic heterocycles. The van der Waals surface area contributed by atoms with Crippen molar-refractivity contribution in [3.05, 3.63) is 110 Å². The average Bonchev–Trinajstić information content (AvgIpc) is 3.41. The summed E-state index contributed by atoms with van der Waals surface area (Å²) in [5.74, 6) is -1.56. The van der Waals surface area contributed by atoms with Crippen molar-refractivity contribution in [1.29, 1.82) is 5.41 Å². The Balaban J connectivity index is 0.908. The van der Waals surface area contributed by atoms with Crippen molar-refractivity contribution in [3.63, 3.8) is 0 Å². The van der Waals surface area contributed by atoms with Crippen LogP contribution in [0.15, 0.2) is 104 Å². The fourth-order valence-electron chi connectivity index (χ4n) is 8.71. The summed E-state index contributed by atoms with van der Waals surface area (Å²) in [4.78, 5) is 75.7. The fraction of sp³-hybridized carbons (Fsp3) is 0.421. The van der Waals surface area contributed by atoms with Gasteiger partial charge >= 0.3 is 35.8 Å². The van der Waals surface area contributed by atoms with E-state index in [9.17, 15) is 28.8 Å². The van der Waals surface area contributed by atoms with Crippen molar-refractivity contribution in [3.8, 4) is 34.5 Å². The normalized spacial score (nSPS) is 17.3. The molecule has 2 fully saturated rings. The van der Waals surface area contributed by atoms with Crippen LogP contribution in [0.5, 0.6) is 34.5 Å². The maximum Gasteiger partial charge on any atom is 0.330 e. The van der Waals surface area contributed by atoms with Gasteiger partial charge in [-0.1, -0.05) is 37.4 Å². The molecule has 4 aromatic carbocycles. The highest BCUT2D eigenvalue weighted by Gasteiger charge is 2.35. The number of ether oxygens (including phenoxy) is 8. The lowest BCUT2D eigenvalue weighted by molar-refractivity contribution is -0.145. The van der Waals surface area contributed by atoms with Gasteiger partial charge in [-0.2, -0.15) is 0 Å². The Morgan fingerprint density at radius 2 is 0.819 bits per heavy atom. The molecule has 0 saturated heterocycles. The molecular weight excluding hydrogens is 923 g/mol. The van der Waals surface area contributed by atoms with E-state index in [2.05, 4.69) is 13.2 Å². The van der Waals surface area contributed by atoms with Crippen LogP contribution in [0, 0.1) is 29.1 Å². The van der Waals surface area contributed by atoms with E-state index >= 15 is 0 Å². The fourth-order valence-corrected chi connectivity index (χ4v) is 8.71. The molecule has 0 atom stereocenters. The Labute approximate surface area is 420 Å². The van der Waals surface area contributed by atoms with E-state index in [1.165, 1.54) is 6.07 Å². The predicted octanol–water partition coefficient (Wildman–Crippen LogP) is 10.8. The van der Waals surface area contributed by atoms with Gasteiger partial charge in [-0.15, -0.1) is 0 Å². The van der Waals surface area contributed by atoms with Crippen LogP contribution in [0.25, 0.3) is 10.8 Å². The first-order valence-electron chi connectivity index (χ1n) is 25.0. The Hall–Kier alpha value is -7.29. The van der Waals surface area contributed by atoms with E-state index in [1.54, 1.807) is 72.8 Å². The molecule has 2 aliphatic rings. The average molecular weight is 988 g/mol. The monoisotopic (exact) mass is 987 g/mol. The summed E-state index contributed by atoms with van der Waals surface area (Å²) in [7, 11) is 0. The standard InChI is InChI=1S/C57H65NO14/c1-3-51(59)67-35-13-7-5-11-33-65-44-25-29-46(30-26-44)69-54(61)39-17-21-41(22-18-39)56(63)71-50-37-43(38-58)53(49-16-10-9-15-48(49)50)72-57(64)42-23-19-40(20-24-42)55(62)70-47-31-27-45(28-32-47)66-34-12-6-8-14-36-68-52(60)4-2/h3-4,9-10,15-16,25-32,37-42,58H,1-2,5-8,11-14,17-24,33-36H2. The summed E-state index contributed by atoms with van der Waals surface area (Å²) in [6, 6.07) is 22.4. The second kappa shape index (κ2) is 28.5. The molecule has 382 valence electrons. The summed E-state index contributed by atoms with van der Waals surface area (Å²) in [6.07, 6.45) is 13.8. The van der Waals surface area contributed by atoms with Gasteiger partial charge < -0.3 is 43.3 Å². The maximum atomic E-state index is 13.6. The summed E-state index contributed by atoms with van der Waals surface area (Å²) < 4.78 is 44.9. The minimum absolute atomic E-state index is 0.193. The molecule has 2 aliphatic carbocycles. The van der Waals surface area contributed by atoms with Crippen molar-refractivity contribution in [2.45, 2.75) is 103 Å². The van der Waals surface area contributed by atoms with Gasteiger partial charge in [-0.05, 0) is 157 Å². The number of hydrogen-bond donors (Lipinski definition) is 1. The molecule has 0 heterocycles. The van der Waals surface area contributed by atoms with Crippen molar-refractivity contribution in [2.75, 3.05) is 26.4 Å². The van der Waals surface area contributed by atoms with Gasteiger partial charge in [0.05, 0.1) is 50.1 Å². The van der Waals surface area contributed by atoms with Gasteiger partial charge in [0.1, 0.15) is 34.5 Å². The molecule has 72 heavy (non-hydrogen) atoms. The number of carbonyl (C=O) groups excluding carboxylic acids is 6. The van der Waals surface area contributed by atoms with Gasteiger partial charge in [0.2, 0.25) is 0 Å². The minimum atomic E-state index is -0.468. The first kappa shape index (κ1) is 54.1. The number of rotatable bonds is 27. The van der Waals surface area contributed by atoms with Crippen LogP contribution in [0.3, 0.4) is 0 Å². The van der Waals surface area contributed by atoms with Crippen molar-refractivity contribution < 1.29 is 66.7 Å². The Kier molecular flexibility index (Phi) is 21.4. The third kappa shape index (κ3) is 16.7. The number of esters is 6. The highest BCUT2D eigenvalue weighted by molar-refractivity contribution is 6.02. The van der Waals surface area contributed by atoms with Gasteiger partial charge in [-0.3, -0.25) is 19.2 Å². The number of nitrogens with one attached hydrogen (secondary N) is 1. The summed E-state index contributed by atoms with van der Waals surface area (Å²) >= 11 is 0. The molecule has 0 bridgehead atoms. The Morgan fingerprint density at radius 3 is 1.22 bits per heavy atom. The number of benzene rings is 4. The zero-order valence-corrected chi connectivity index (χ0v) is 40.8. The van der Waals surface area contributed by atoms with Gasteiger partial charge in [-0.25, -0.2) is 9.59 Å². The molecule has 15 heteroatoms. The molecule has 0 spiro atoms. The van der Waals surface area contributed by atoms with Crippen LogP contribution in [0.4, 0.5) is 0 Å². The zero-order chi connectivity index (χ0) is 51.1. The topological polar surface area (TPSA) is 200 Å². The van der Waals surface area contributed by atoms with Gasteiger partial charge in [0, 0.05) is 34.7 Å². The SMILES string of the molecule is C=CC(=O)OCCCCCCOc1ccc(OC(=O)C2CCC(C(=O)Oc3cc(C=N)c(OC(=O)C4CCC(C(=O)Oc5ccc(OCCCCCCOC(=O)C=C)cc5)CC4)c4ccccc34)CC2)cc1. The number of unbranched alkanes of at least 4 members (excludes halogenated alkanes) is 6. The van der Waals surface area contributed by atoms with Crippen LogP contribution in [0.1, 0.15) is 108 Å². The van der Waals surface area contributed by atoms with E-state index in [0.29, 0.717) is 112 Å². The predicted molar refractivity (Wildman–Crippen MR) is 268 cm³/mol. The smallest absolute Gasteiger partial charge is 0.330 e. The molecule has 0 amide bonds. The summed E-state index contributed by atoms with van der Waals surface area (Å²) in [6.45, 7) is 8.56. The molecular formula is C57H65NO14. The third-order valence-electron chi connectivity index (χ3n) is 12.9. The maximum absolute atomic E-state index is 13.6. The molecule has 2 saturated carbocycles. The molecule has 1 N–H and O–H groups in total. The van der Waals surface area contributed by atoms with Crippen LogP contribution >= 0.6 is 0 Å². The number of hydrogen-bond acceptors (Lipinski definition) is 15. The first-order valence-corrected chi connectivity index (χ1v) is 25.0. The van der Waals surface area contributed by atoms with Crippen molar-refractivity contribution in [1.82, 2.24) is 0 Å². The minimum Gasteiger partial charge on any atom is -0.494 e. The van der Waals surface area contributed by atoms with Gasteiger partial charge in [0.25, 0.3) is 0 Å². The second-order valence-electron chi connectivity index (χ2n) is 18.0. The zero-order valence-electron chi connectivity index (χ0n) is 40.8. The van der Waals surface area contributed by atoms with E-state index < -0.39 is 35.7 Å². The molecule has 0 unspecified atom stereocenters. The van der Waals surface area contributed by atoms with Crippen LogP contribution in [0.2, 0.25) is 0 Å². The summed E-state index contributed by atoms with van der Waals surface area (Å²) in [5.41, 5.74) is 0.266. The van der Waals surface area contributed by atoms with Crippen LogP contribution in [-0.2, 0) is 38.2 Å². The molecule has 0 radical (unpaired) electrons. The molecule has 0 aromatic heterocycles. The van der Waals surface area contributed by atoms with Gasteiger partial charge in [0.15, 0.2) is 0 Å². The molecule has 6 rings (SSSR count). The lowest BCUT2D eigenvalue weighted by Gasteiger charge is -2.27. The number of fused-ring (bicyclic) bond motifs is 1. The first-order chi connectivity index (χ1) is 35.0. The quantitative estimate of drug-likeness (QED) is 0.0194. The molecule has 4 aromatic rings. The second-order valence-corrected chi connectivity index (χ2v) is 18.0. The highest BCUT2D eigenvalue weighted by atomic mass is 16.6. The number of carbonyl (C=O) groups is 6. The van der Waals surface area contributed by atoms with E-state index in [1.807, 2.05) is 0 Å². The van der Waals surface area contributed by atoms with Crippen molar-refractivity contribution in [2.24, 2.45) is 23.7 Å². The Morgan fingerprint density at radius 1 is 0.458 bits per heavy atom. The summed E-state index contributed by atoms with van der Waals surface area (Å²) in [5, 5.41) is 9.26. The third-order valence-corrected chi connectivity index (χ3v) is 12.9.